The molecule has 7 nitrogen and oxygen atoms in total. The molecule has 0 unspecified atom stereocenters. The van der Waals surface area contributed by atoms with Gasteiger partial charge < -0.3 is 9.30 Å². The number of nitrogens with zero attached hydrogens (tertiary/aromatic N) is 3. The van der Waals surface area contributed by atoms with Crippen molar-refractivity contribution in [1.82, 2.24) is 4.57 Å². The Kier molecular flexibility index (Phi) is 5.66. The average molecular weight is 385 g/mol. The monoisotopic (exact) mass is 385 g/mol. The third-order valence-corrected chi connectivity index (χ3v) is 5.04. The highest BCUT2D eigenvalue weighted by Gasteiger charge is 2.12. The SMILES string of the molecule is CCOc1ccc(CC(=O)N=c2sc3cc([N+](=O)[O-])ccc3n2CC)cc1. The molecule has 0 saturated carbocycles. The number of hydrogen-bond donors (Lipinski definition) is 0. The van der Waals surface area contributed by atoms with Crippen molar-refractivity contribution in [3.05, 3.63) is 62.9 Å². The zero-order chi connectivity index (χ0) is 19.4. The van der Waals surface area contributed by atoms with Crippen LogP contribution in [0.4, 0.5) is 5.69 Å². The van der Waals surface area contributed by atoms with Gasteiger partial charge in [0.1, 0.15) is 5.75 Å². The zero-order valence-electron chi connectivity index (χ0n) is 15.0. The van der Waals surface area contributed by atoms with E-state index in [4.69, 9.17) is 4.74 Å². The first-order valence-corrected chi connectivity index (χ1v) is 9.40. The molecule has 0 bridgehead atoms. The molecule has 3 rings (SSSR count). The molecule has 0 atom stereocenters. The van der Waals surface area contributed by atoms with Gasteiger partial charge in [0.15, 0.2) is 4.80 Å². The van der Waals surface area contributed by atoms with E-state index in [-0.39, 0.29) is 18.0 Å². The fourth-order valence-electron chi connectivity index (χ4n) is 2.76. The van der Waals surface area contributed by atoms with Crippen LogP contribution in [0.3, 0.4) is 0 Å². The number of hydrogen-bond acceptors (Lipinski definition) is 5. The molecule has 0 radical (unpaired) electrons. The van der Waals surface area contributed by atoms with Gasteiger partial charge in [-0.15, -0.1) is 0 Å². The maximum Gasteiger partial charge on any atom is 0.270 e. The molecule has 140 valence electrons. The van der Waals surface area contributed by atoms with Crippen molar-refractivity contribution in [3.8, 4) is 5.75 Å². The smallest absolute Gasteiger partial charge is 0.270 e. The number of amides is 1. The number of carbonyl (C=O) groups is 1. The first-order valence-electron chi connectivity index (χ1n) is 8.59. The summed E-state index contributed by atoms with van der Waals surface area (Å²) in [5.41, 5.74) is 1.71. The Morgan fingerprint density at radius 2 is 1.96 bits per heavy atom. The lowest BCUT2D eigenvalue weighted by atomic mass is 10.1. The molecule has 1 amide bonds. The molecule has 0 spiro atoms. The minimum Gasteiger partial charge on any atom is -0.494 e. The van der Waals surface area contributed by atoms with Crippen molar-refractivity contribution >= 4 is 33.1 Å². The third kappa shape index (κ3) is 4.22. The van der Waals surface area contributed by atoms with Crippen LogP contribution in [0.25, 0.3) is 10.2 Å². The number of nitro benzene ring substituents is 1. The van der Waals surface area contributed by atoms with E-state index in [2.05, 4.69) is 4.99 Å². The zero-order valence-corrected chi connectivity index (χ0v) is 15.9. The highest BCUT2D eigenvalue weighted by atomic mass is 32.1. The minimum absolute atomic E-state index is 0.0271. The Labute approximate surface area is 159 Å². The van der Waals surface area contributed by atoms with Crippen LogP contribution < -0.4 is 9.54 Å². The van der Waals surface area contributed by atoms with Crippen molar-refractivity contribution in [2.45, 2.75) is 26.8 Å². The van der Waals surface area contributed by atoms with Crippen LogP contribution in [0.15, 0.2) is 47.5 Å². The number of aryl methyl sites for hydroxylation is 1. The second-order valence-electron chi connectivity index (χ2n) is 5.80. The van der Waals surface area contributed by atoms with Crippen molar-refractivity contribution in [3.63, 3.8) is 0 Å². The number of aromatic nitrogens is 1. The summed E-state index contributed by atoms with van der Waals surface area (Å²) in [5, 5.41) is 11.0. The highest BCUT2D eigenvalue weighted by Crippen LogP contribution is 2.23. The third-order valence-electron chi connectivity index (χ3n) is 4.00. The van der Waals surface area contributed by atoms with Gasteiger partial charge in [-0.25, -0.2) is 0 Å². The van der Waals surface area contributed by atoms with E-state index in [9.17, 15) is 14.9 Å². The van der Waals surface area contributed by atoms with Crippen molar-refractivity contribution in [2.75, 3.05) is 6.61 Å². The van der Waals surface area contributed by atoms with Crippen LogP contribution in [-0.4, -0.2) is 22.0 Å². The Morgan fingerprint density at radius 3 is 2.59 bits per heavy atom. The number of nitro groups is 1. The van der Waals surface area contributed by atoms with Gasteiger partial charge in [-0.2, -0.15) is 4.99 Å². The number of fused-ring (bicyclic) bond motifs is 1. The van der Waals surface area contributed by atoms with Gasteiger partial charge in [-0.3, -0.25) is 14.9 Å². The van der Waals surface area contributed by atoms with Crippen LogP contribution in [0, 0.1) is 10.1 Å². The Balaban J connectivity index is 1.89. The van der Waals surface area contributed by atoms with E-state index in [0.717, 1.165) is 21.5 Å². The topological polar surface area (TPSA) is 86.7 Å². The standard InChI is InChI=1S/C19H19N3O4S/c1-3-21-16-10-7-14(22(24)25)12-17(16)27-19(21)20-18(23)11-13-5-8-15(9-6-13)26-4-2/h5-10,12H,3-4,11H2,1-2H3. The summed E-state index contributed by atoms with van der Waals surface area (Å²) < 4.78 is 8.02. The van der Waals surface area contributed by atoms with Crippen LogP contribution >= 0.6 is 11.3 Å². The van der Waals surface area contributed by atoms with E-state index in [1.165, 1.54) is 23.5 Å². The lowest BCUT2D eigenvalue weighted by molar-refractivity contribution is -0.384. The summed E-state index contributed by atoms with van der Waals surface area (Å²) >= 11 is 1.28. The fraction of sp³-hybridized carbons (Fsp3) is 0.263. The summed E-state index contributed by atoms with van der Waals surface area (Å²) in [6.07, 6.45) is 0.185. The van der Waals surface area contributed by atoms with E-state index in [1.54, 1.807) is 6.07 Å². The van der Waals surface area contributed by atoms with E-state index < -0.39 is 4.92 Å². The summed E-state index contributed by atoms with van der Waals surface area (Å²) in [7, 11) is 0. The van der Waals surface area contributed by atoms with E-state index >= 15 is 0 Å². The molecule has 0 aliphatic rings. The largest absolute Gasteiger partial charge is 0.494 e. The second-order valence-corrected chi connectivity index (χ2v) is 6.81. The first-order chi connectivity index (χ1) is 13.0. The van der Waals surface area contributed by atoms with Crippen LogP contribution in [0.5, 0.6) is 5.75 Å². The lowest BCUT2D eigenvalue weighted by Crippen LogP contribution is -2.16. The molecule has 0 aliphatic heterocycles. The summed E-state index contributed by atoms with van der Waals surface area (Å²) in [6.45, 7) is 5.07. The molecule has 0 saturated heterocycles. The van der Waals surface area contributed by atoms with Gasteiger partial charge in [-0.05, 0) is 37.6 Å². The molecule has 8 heteroatoms. The van der Waals surface area contributed by atoms with Gasteiger partial charge in [0.2, 0.25) is 0 Å². The number of ether oxygens (including phenoxy) is 1. The number of benzene rings is 2. The summed E-state index contributed by atoms with van der Waals surface area (Å²) in [6, 6.07) is 12.0. The van der Waals surface area contributed by atoms with Crippen LogP contribution in [-0.2, 0) is 17.8 Å². The molecular weight excluding hydrogens is 366 g/mol. The molecule has 1 heterocycles. The highest BCUT2D eigenvalue weighted by molar-refractivity contribution is 7.16. The maximum atomic E-state index is 12.4. The van der Waals surface area contributed by atoms with E-state index in [0.29, 0.717) is 18.0 Å². The van der Waals surface area contributed by atoms with Crippen molar-refractivity contribution in [2.24, 2.45) is 4.99 Å². The first kappa shape index (κ1) is 18.8. The average Bonchev–Trinajstić information content (AvgIpc) is 2.99. The normalized spacial score (nSPS) is 11.7. The van der Waals surface area contributed by atoms with Gasteiger partial charge in [0, 0.05) is 18.7 Å². The van der Waals surface area contributed by atoms with Gasteiger partial charge in [-0.1, -0.05) is 23.5 Å². The predicted molar refractivity (Wildman–Crippen MR) is 104 cm³/mol. The molecule has 3 aromatic rings. The van der Waals surface area contributed by atoms with Crippen LogP contribution in [0.1, 0.15) is 19.4 Å². The van der Waals surface area contributed by atoms with E-state index in [1.807, 2.05) is 42.7 Å². The van der Waals surface area contributed by atoms with Crippen molar-refractivity contribution in [1.29, 1.82) is 0 Å². The number of rotatable bonds is 6. The number of carbonyl (C=O) groups excluding carboxylic acids is 1. The second kappa shape index (κ2) is 8.13. The Hall–Kier alpha value is -3.00. The molecular formula is C19H19N3O4S. The number of non-ortho nitro benzene ring substituents is 1. The van der Waals surface area contributed by atoms with Gasteiger partial charge in [0.25, 0.3) is 11.6 Å². The van der Waals surface area contributed by atoms with Crippen LogP contribution in [0.2, 0.25) is 0 Å². The predicted octanol–water partition coefficient (Wildman–Crippen LogP) is 3.70. The molecule has 2 aromatic carbocycles. The molecule has 0 aliphatic carbocycles. The molecule has 27 heavy (non-hydrogen) atoms. The number of thiazole rings is 1. The summed E-state index contributed by atoms with van der Waals surface area (Å²) in [5.74, 6) is 0.503. The summed E-state index contributed by atoms with van der Waals surface area (Å²) in [4.78, 5) is 27.7. The van der Waals surface area contributed by atoms with Gasteiger partial charge in [0.05, 0.1) is 28.2 Å². The molecule has 0 fully saturated rings. The molecule has 0 N–H and O–H groups in total. The lowest BCUT2D eigenvalue weighted by Gasteiger charge is -2.03. The Bertz CT molecular complexity index is 1050. The molecule has 1 aromatic heterocycles. The quantitative estimate of drug-likeness (QED) is 0.478. The fourth-order valence-corrected chi connectivity index (χ4v) is 3.90. The Morgan fingerprint density at radius 1 is 1.22 bits per heavy atom. The minimum atomic E-state index is -0.427. The maximum absolute atomic E-state index is 12.4. The van der Waals surface area contributed by atoms with Crippen molar-refractivity contribution < 1.29 is 14.5 Å². The van der Waals surface area contributed by atoms with Gasteiger partial charge >= 0.3 is 0 Å².